The van der Waals surface area contributed by atoms with Gasteiger partial charge in [-0.15, -0.1) is 0 Å². The number of carbonyl (C=O) groups is 3. The zero-order valence-electron chi connectivity index (χ0n) is 18.3. The fourth-order valence-corrected chi connectivity index (χ4v) is 3.72. The number of carbonyl (C=O) groups excluding carboxylic acids is 3. The van der Waals surface area contributed by atoms with Crippen molar-refractivity contribution in [2.75, 3.05) is 41.7 Å². The largest absolute Gasteiger partial charge is 0.418 e. The van der Waals surface area contributed by atoms with Crippen molar-refractivity contribution in [1.82, 2.24) is 4.90 Å². The van der Waals surface area contributed by atoms with Crippen LogP contribution in [-0.4, -0.2) is 48.8 Å². The average molecular weight is 462 g/mol. The summed E-state index contributed by atoms with van der Waals surface area (Å²) in [5.74, 6) is -1.05. The molecule has 3 amide bonds. The second-order valence-electron chi connectivity index (χ2n) is 7.71. The smallest absolute Gasteiger partial charge is 0.325 e. The molecule has 0 atom stereocenters. The van der Waals surface area contributed by atoms with Gasteiger partial charge in [0, 0.05) is 24.8 Å². The van der Waals surface area contributed by atoms with E-state index in [1.165, 1.54) is 30.0 Å². The molecule has 0 aromatic heterocycles. The summed E-state index contributed by atoms with van der Waals surface area (Å²) in [6.07, 6.45) is -3.90. The molecule has 2 aromatic rings. The van der Waals surface area contributed by atoms with Crippen LogP contribution < -0.4 is 15.5 Å². The molecule has 1 aliphatic rings. The number of amides is 3. The molecule has 2 N–H and O–H groups in total. The molecule has 1 aliphatic heterocycles. The number of alkyl halides is 3. The highest BCUT2D eigenvalue weighted by Crippen LogP contribution is 2.34. The Bertz CT molecular complexity index is 1060. The van der Waals surface area contributed by atoms with Crippen molar-refractivity contribution in [2.45, 2.75) is 26.4 Å². The molecule has 3 rings (SSSR count). The van der Waals surface area contributed by atoms with Crippen LogP contribution in [0.25, 0.3) is 0 Å². The van der Waals surface area contributed by atoms with Gasteiger partial charge in [-0.3, -0.25) is 19.3 Å². The molecule has 0 spiro atoms. The Balaban J connectivity index is 1.58. The zero-order chi connectivity index (χ0) is 24.2. The molecule has 176 valence electrons. The van der Waals surface area contributed by atoms with Gasteiger partial charge in [0.25, 0.3) is 0 Å². The predicted octanol–water partition coefficient (Wildman–Crippen LogP) is 3.51. The summed E-state index contributed by atoms with van der Waals surface area (Å²) in [6, 6.07) is 10.0. The van der Waals surface area contributed by atoms with Crippen LogP contribution in [0.1, 0.15) is 25.0 Å². The van der Waals surface area contributed by atoms with Crippen molar-refractivity contribution in [3.05, 3.63) is 53.6 Å². The van der Waals surface area contributed by atoms with Gasteiger partial charge in [0.2, 0.25) is 17.7 Å². The maximum absolute atomic E-state index is 13.1. The summed E-state index contributed by atoms with van der Waals surface area (Å²) in [5, 5.41) is 5.05. The SMILES string of the molecule is CCN(CC(=O)Nc1ccc2c(c1)CCN2C(C)=O)CC(=O)Nc1ccccc1C(F)(F)F. The third kappa shape index (κ3) is 6.10. The van der Waals surface area contributed by atoms with Crippen molar-refractivity contribution < 1.29 is 27.6 Å². The molecule has 0 saturated heterocycles. The topological polar surface area (TPSA) is 81.8 Å². The number of anilines is 3. The fourth-order valence-electron chi connectivity index (χ4n) is 3.72. The normalized spacial score (nSPS) is 13.1. The standard InChI is InChI=1S/C23H25F3N4O3/c1-3-29(14-22(33)28-19-7-5-4-6-18(19)23(24,25)26)13-21(32)27-17-8-9-20-16(12-17)10-11-30(20)15(2)31/h4-9,12H,3,10-11,13-14H2,1-2H3,(H,27,32)(H,28,33). The first kappa shape index (κ1) is 24.2. The minimum atomic E-state index is -4.59. The molecule has 0 radical (unpaired) electrons. The van der Waals surface area contributed by atoms with E-state index < -0.39 is 17.6 Å². The van der Waals surface area contributed by atoms with E-state index in [-0.39, 0.29) is 30.6 Å². The van der Waals surface area contributed by atoms with Gasteiger partial charge >= 0.3 is 6.18 Å². The van der Waals surface area contributed by atoms with Crippen LogP contribution in [-0.2, 0) is 27.0 Å². The molecule has 2 aromatic carbocycles. The first-order chi connectivity index (χ1) is 15.6. The molecule has 1 heterocycles. The summed E-state index contributed by atoms with van der Waals surface area (Å²) in [6.45, 7) is 3.84. The van der Waals surface area contributed by atoms with Crippen molar-refractivity contribution in [1.29, 1.82) is 0 Å². The quantitative estimate of drug-likeness (QED) is 0.660. The average Bonchev–Trinajstić information content (AvgIpc) is 3.16. The maximum Gasteiger partial charge on any atom is 0.418 e. The monoisotopic (exact) mass is 462 g/mol. The van der Waals surface area contributed by atoms with Crippen LogP contribution in [0, 0.1) is 0 Å². The Hall–Kier alpha value is -3.40. The second-order valence-corrected chi connectivity index (χ2v) is 7.71. The van der Waals surface area contributed by atoms with Gasteiger partial charge in [0.1, 0.15) is 0 Å². The number of rotatable bonds is 7. The number of nitrogens with zero attached hydrogens (tertiary/aromatic N) is 2. The van der Waals surface area contributed by atoms with E-state index in [1.54, 1.807) is 24.0 Å². The van der Waals surface area contributed by atoms with Gasteiger partial charge < -0.3 is 15.5 Å². The van der Waals surface area contributed by atoms with E-state index in [0.29, 0.717) is 25.2 Å². The lowest BCUT2D eigenvalue weighted by Crippen LogP contribution is -2.38. The Morgan fingerprint density at radius 3 is 2.33 bits per heavy atom. The van der Waals surface area contributed by atoms with Crippen molar-refractivity contribution >= 4 is 34.8 Å². The van der Waals surface area contributed by atoms with Gasteiger partial charge in [-0.2, -0.15) is 13.2 Å². The lowest BCUT2D eigenvalue weighted by molar-refractivity contribution is -0.137. The van der Waals surface area contributed by atoms with E-state index in [9.17, 15) is 27.6 Å². The molecular weight excluding hydrogens is 437 g/mol. The van der Waals surface area contributed by atoms with E-state index in [2.05, 4.69) is 10.6 Å². The Morgan fingerprint density at radius 1 is 1.03 bits per heavy atom. The number of fused-ring (bicyclic) bond motifs is 1. The summed E-state index contributed by atoms with van der Waals surface area (Å²) < 4.78 is 39.3. The summed E-state index contributed by atoms with van der Waals surface area (Å²) in [4.78, 5) is 39.7. The molecule has 0 saturated carbocycles. The number of hydrogen-bond acceptors (Lipinski definition) is 4. The zero-order valence-corrected chi connectivity index (χ0v) is 18.3. The fraction of sp³-hybridized carbons (Fsp3) is 0.348. The van der Waals surface area contributed by atoms with E-state index in [1.807, 2.05) is 6.07 Å². The molecular formula is C23H25F3N4O3. The lowest BCUT2D eigenvalue weighted by Gasteiger charge is -2.20. The second kappa shape index (κ2) is 10.0. The van der Waals surface area contributed by atoms with Crippen LogP contribution in [0.15, 0.2) is 42.5 Å². The number of nitrogens with one attached hydrogen (secondary N) is 2. The van der Waals surface area contributed by atoms with Gasteiger partial charge in [-0.05, 0) is 48.9 Å². The molecule has 0 aliphatic carbocycles. The van der Waals surface area contributed by atoms with Crippen LogP contribution >= 0.6 is 0 Å². The number of halogens is 3. The Morgan fingerprint density at radius 2 is 1.70 bits per heavy atom. The van der Waals surface area contributed by atoms with Crippen LogP contribution in [0.4, 0.5) is 30.2 Å². The van der Waals surface area contributed by atoms with Gasteiger partial charge in [-0.25, -0.2) is 0 Å². The highest BCUT2D eigenvalue weighted by Gasteiger charge is 2.33. The molecule has 33 heavy (non-hydrogen) atoms. The van der Waals surface area contributed by atoms with Gasteiger partial charge in [0.05, 0.1) is 24.3 Å². The molecule has 10 heteroatoms. The van der Waals surface area contributed by atoms with Crippen LogP contribution in [0.5, 0.6) is 0 Å². The minimum absolute atomic E-state index is 0.0414. The molecule has 7 nitrogen and oxygen atoms in total. The van der Waals surface area contributed by atoms with Crippen molar-refractivity contribution in [2.24, 2.45) is 0 Å². The third-order valence-electron chi connectivity index (χ3n) is 5.33. The molecule has 0 bridgehead atoms. The van der Waals surface area contributed by atoms with Crippen molar-refractivity contribution in [3.8, 4) is 0 Å². The van der Waals surface area contributed by atoms with Crippen LogP contribution in [0.2, 0.25) is 0 Å². The Kier molecular flexibility index (Phi) is 7.37. The minimum Gasteiger partial charge on any atom is -0.325 e. The highest BCUT2D eigenvalue weighted by molar-refractivity contribution is 5.97. The van der Waals surface area contributed by atoms with Crippen molar-refractivity contribution in [3.63, 3.8) is 0 Å². The maximum atomic E-state index is 13.1. The van der Waals surface area contributed by atoms with Crippen LogP contribution in [0.3, 0.4) is 0 Å². The molecule has 0 fully saturated rings. The van der Waals surface area contributed by atoms with Gasteiger partial charge in [0.15, 0.2) is 0 Å². The Labute approximate surface area is 189 Å². The summed E-state index contributed by atoms with van der Waals surface area (Å²) >= 11 is 0. The lowest BCUT2D eigenvalue weighted by atomic mass is 10.1. The number of benzene rings is 2. The van der Waals surface area contributed by atoms with Gasteiger partial charge in [-0.1, -0.05) is 19.1 Å². The third-order valence-corrected chi connectivity index (χ3v) is 5.33. The number of likely N-dealkylation sites (N-methyl/N-ethyl adjacent to an activating group) is 1. The number of hydrogen-bond donors (Lipinski definition) is 2. The van der Waals surface area contributed by atoms with E-state index in [0.717, 1.165) is 17.3 Å². The first-order valence-electron chi connectivity index (χ1n) is 10.5. The first-order valence-corrected chi connectivity index (χ1v) is 10.5. The number of para-hydroxylation sites is 1. The van der Waals surface area contributed by atoms with E-state index in [4.69, 9.17) is 0 Å². The molecule has 0 unspecified atom stereocenters. The summed E-state index contributed by atoms with van der Waals surface area (Å²) in [7, 11) is 0. The van der Waals surface area contributed by atoms with E-state index >= 15 is 0 Å². The predicted molar refractivity (Wildman–Crippen MR) is 119 cm³/mol. The highest BCUT2D eigenvalue weighted by atomic mass is 19.4. The summed E-state index contributed by atoms with van der Waals surface area (Å²) in [5.41, 5.74) is 1.10.